The largest absolute Gasteiger partial charge is 0.416 e. The van der Waals surface area contributed by atoms with E-state index >= 15 is 0 Å². The van der Waals surface area contributed by atoms with Gasteiger partial charge >= 0.3 is 6.18 Å². The molecule has 0 radical (unpaired) electrons. The minimum atomic E-state index is -4.30. The monoisotopic (exact) mass is 513 g/mol. The second-order valence-electron chi connectivity index (χ2n) is 10.1. The second-order valence-corrected chi connectivity index (χ2v) is 11.3. The van der Waals surface area contributed by atoms with Crippen LogP contribution in [0, 0.1) is 5.41 Å². The van der Waals surface area contributed by atoms with Gasteiger partial charge in [0.25, 0.3) is 0 Å². The predicted octanol–water partition coefficient (Wildman–Crippen LogP) is 3.28. The topological polar surface area (TPSA) is 52.6 Å². The van der Waals surface area contributed by atoms with Crippen molar-refractivity contribution in [2.75, 3.05) is 63.7 Å². The van der Waals surface area contributed by atoms with Gasteiger partial charge in [-0.3, -0.25) is 5.43 Å². The zero-order valence-corrected chi connectivity index (χ0v) is 21.1. The number of amidine groups is 1. The highest BCUT2D eigenvalue weighted by Gasteiger charge is 2.50. The molecule has 2 unspecified atom stereocenters. The molecule has 4 aliphatic rings. The number of likely N-dealkylation sites (N-methyl/N-ethyl adjacent to an activating group) is 1. The number of alkyl halides is 3. The molecule has 1 aromatic carbocycles. The number of rotatable bonds is 7. The third-order valence-corrected chi connectivity index (χ3v) is 8.91. The van der Waals surface area contributed by atoms with Crippen LogP contribution >= 0.6 is 11.8 Å². The quantitative estimate of drug-likeness (QED) is 0.562. The Bertz CT molecular complexity index is 911. The number of hydrazone groups is 1. The highest BCUT2D eigenvalue weighted by atomic mass is 32.2. The molecule has 4 aliphatic heterocycles. The number of hydrogen-bond acceptors (Lipinski definition) is 8. The molecule has 4 atom stereocenters. The summed E-state index contributed by atoms with van der Waals surface area (Å²) in [5.74, 6) is 1.90. The molecule has 1 N–H and O–H groups in total. The van der Waals surface area contributed by atoms with Crippen LogP contribution in [0.15, 0.2) is 29.4 Å². The fraction of sp³-hybridized carbons (Fsp3) is 0.708. The van der Waals surface area contributed by atoms with Crippen molar-refractivity contribution in [2.24, 2.45) is 10.5 Å². The number of thioether (sulfide) groups is 1. The van der Waals surface area contributed by atoms with Gasteiger partial charge in [0.1, 0.15) is 6.10 Å². The molecule has 11 heteroatoms. The molecule has 35 heavy (non-hydrogen) atoms. The van der Waals surface area contributed by atoms with Crippen molar-refractivity contribution in [3.63, 3.8) is 0 Å². The maximum Gasteiger partial charge on any atom is 0.416 e. The lowest BCUT2D eigenvalue weighted by molar-refractivity contribution is -0.137. The Kier molecular flexibility index (Phi) is 7.13. The highest BCUT2D eigenvalue weighted by molar-refractivity contribution is 7.99. The van der Waals surface area contributed by atoms with E-state index in [2.05, 4.69) is 32.2 Å². The van der Waals surface area contributed by atoms with Crippen LogP contribution in [0.4, 0.5) is 18.9 Å². The number of hydrogen-bond donors (Lipinski definition) is 1. The number of ether oxygens (including phenoxy) is 2. The van der Waals surface area contributed by atoms with Crippen LogP contribution < -0.4 is 10.3 Å². The highest BCUT2D eigenvalue weighted by Crippen LogP contribution is 2.44. The van der Waals surface area contributed by atoms with Crippen molar-refractivity contribution < 1.29 is 22.6 Å². The fourth-order valence-corrected chi connectivity index (χ4v) is 6.67. The van der Waals surface area contributed by atoms with Gasteiger partial charge in [-0.2, -0.15) is 18.3 Å². The fourth-order valence-electron chi connectivity index (χ4n) is 5.69. The van der Waals surface area contributed by atoms with Crippen LogP contribution in [0.2, 0.25) is 0 Å². The van der Waals surface area contributed by atoms with Crippen LogP contribution in [0.5, 0.6) is 0 Å². The molecule has 0 spiro atoms. The summed E-state index contributed by atoms with van der Waals surface area (Å²) in [7, 11) is 2.03. The molecule has 0 bridgehead atoms. The number of halogens is 3. The molecule has 0 aliphatic carbocycles. The molecule has 4 heterocycles. The van der Waals surface area contributed by atoms with Crippen molar-refractivity contribution in [3.05, 3.63) is 29.8 Å². The number of fused-ring (bicyclic) bond motifs is 1. The summed E-state index contributed by atoms with van der Waals surface area (Å²) < 4.78 is 50.1. The van der Waals surface area contributed by atoms with Gasteiger partial charge < -0.3 is 24.2 Å². The van der Waals surface area contributed by atoms with Gasteiger partial charge in [0.2, 0.25) is 0 Å². The van der Waals surface area contributed by atoms with Crippen molar-refractivity contribution >= 4 is 23.3 Å². The summed E-state index contributed by atoms with van der Waals surface area (Å²) >= 11 is 1.84. The van der Waals surface area contributed by atoms with Gasteiger partial charge in [-0.15, -0.1) is 11.8 Å². The molecule has 3 fully saturated rings. The Morgan fingerprint density at radius 3 is 2.74 bits per heavy atom. The van der Waals surface area contributed by atoms with E-state index in [1.165, 1.54) is 12.1 Å². The summed E-state index contributed by atoms with van der Waals surface area (Å²) in [5, 5.41) is 4.47. The summed E-state index contributed by atoms with van der Waals surface area (Å²) in [6, 6.07) is 5.99. The van der Waals surface area contributed by atoms with Gasteiger partial charge in [-0.05, 0) is 49.4 Å². The number of anilines is 1. The minimum absolute atomic E-state index is 0.0983. The lowest BCUT2D eigenvalue weighted by Gasteiger charge is -2.30. The molecule has 3 saturated heterocycles. The van der Waals surface area contributed by atoms with Crippen molar-refractivity contribution in [1.82, 2.24) is 15.2 Å². The first-order chi connectivity index (χ1) is 16.7. The third kappa shape index (κ3) is 5.23. The molecule has 5 rings (SSSR count). The zero-order valence-electron chi connectivity index (χ0n) is 20.3. The molecule has 0 aromatic heterocycles. The molecular formula is C24H34F3N5O2S. The van der Waals surface area contributed by atoms with Crippen LogP contribution in [0.1, 0.15) is 25.3 Å². The van der Waals surface area contributed by atoms with E-state index in [0.717, 1.165) is 56.3 Å². The van der Waals surface area contributed by atoms with Gasteiger partial charge in [0, 0.05) is 43.8 Å². The van der Waals surface area contributed by atoms with Crippen molar-refractivity contribution in [1.29, 1.82) is 0 Å². The van der Waals surface area contributed by atoms with Crippen LogP contribution in [-0.4, -0.2) is 92.1 Å². The Labute approximate surface area is 209 Å². The standard InChI is InChI=1S/C24H34F3N5O2S/c1-23-8-10-32(18-6-4-17(5-7-18)24(25,26)27)20(23)14-31(16-23)9-3-13-35-22-29-28-21(30(22)2)19-15-33-11-12-34-19/h4-7,19-20,22,29H,3,8-16H2,1-2H3/t19?,20-,22?,23+/m1/s1. The predicted molar refractivity (Wildman–Crippen MR) is 131 cm³/mol. The lowest BCUT2D eigenvalue weighted by atomic mass is 9.85. The second kappa shape index (κ2) is 9.99. The molecule has 0 amide bonds. The maximum atomic E-state index is 13.0. The van der Waals surface area contributed by atoms with Crippen LogP contribution in [-0.2, 0) is 15.7 Å². The Balaban J connectivity index is 1.08. The smallest absolute Gasteiger partial charge is 0.376 e. The molecule has 7 nitrogen and oxygen atoms in total. The van der Waals surface area contributed by atoms with E-state index in [1.807, 2.05) is 18.8 Å². The average molecular weight is 514 g/mol. The Hall–Kier alpha value is -1.69. The van der Waals surface area contributed by atoms with Crippen molar-refractivity contribution in [2.45, 2.75) is 43.6 Å². The first-order valence-corrected chi connectivity index (χ1v) is 13.3. The SMILES string of the molecule is CN1C(C2COCCO2)=NNC1SCCCN1C[C@H]2N(c3ccc(C(F)(F)F)cc3)CC[C@@]2(C)C1. The molecule has 0 saturated carbocycles. The first kappa shape index (κ1) is 25.0. The Morgan fingerprint density at radius 1 is 1.23 bits per heavy atom. The van der Waals surface area contributed by atoms with Crippen molar-refractivity contribution in [3.8, 4) is 0 Å². The van der Waals surface area contributed by atoms with Crippen LogP contribution in [0.3, 0.4) is 0 Å². The van der Waals surface area contributed by atoms with Gasteiger partial charge in [-0.25, -0.2) is 0 Å². The summed E-state index contributed by atoms with van der Waals surface area (Å²) in [6.07, 6.45) is -2.27. The van der Waals surface area contributed by atoms with E-state index in [1.54, 1.807) is 12.1 Å². The van der Waals surface area contributed by atoms with Gasteiger partial charge in [0.15, 0.2) is 11.3 Å². The molecule has 194 valence electrons. The normalized spacial score (nSPS) is 31.6. The molecular weight excluding hydrogens is 479 g/mol. The van der Waals surface area contributed by atoms with E-state index in [4.69, 9.17) is 9.47 Å². The summed E-state index contributed by atoms with van der Waals surface area (Å²) in [6.45, 7) is 8.00. The Morgan fingerprint density at radius 2 is 2.03 bits per heavy atom. The van der Waals surface area contributed by atoms with E-state index in [0.29, 0.717) is 25.9 Å². The molecule has 1 aromatic rings. The zero-order chi connectivity index (χ0) is 24.6. The van der Waals surface area contributed by atoms with Gasteiger partial charge in [-0.1, -0.05) is 6.92 Å². The number of benzene rings is 1. The van der Waals surface area contributed by atoms with E-state index in [9.17, 15) is 13.2 Å². The number of likely N-dealkylation sites (tertiary alicyclic amines) is 1. The number of nitrogens with one attached hydrogen (secondary N) is 1. The maximum absolute atomic E-state index is 13.0. The van der Waals surface area contributed by atoms with E-state index in [-0.39, 0.29) is 17.0 Å². The van der Waals surface area contributed by atoms with Crippen LogP contribution in [0.25, 0.3) is 0 Å². The minimum Gasteiger partial charge on any atom is -0.376 e. The van der Waals surface area contributed by atoms with E-state index < -0.39 is 11.7 Å². The average Bonchev–Trinajstić information content (AvgIpc) is 3.47. The first-order valence-electron chi connectivity index (χ1n) is 12.3. The lowest BCUT2D eigenvalue weighted by Crippen LogP contribution is -2.44. The number of nitrogens with zero attached hydrogens (tertiary/aromatic N) is 4. The van der Waals surface area contributed by atoms with Gasteiger partial charge in [0.05, 0.1) is 25.4 Å². The third-order valence-electron chi connectivity index (χ3n) is 7.65. The summed E-state index contributed by atoms with van der Waals surface area (Å²) in [5.41, 5.74) is 3.78. The summed E-state index contributed by atoms with van der Waals surface area (Å²) in [4.78, 5) is 6.96.